The van der Waals surface area contributed by atoms with Crippen molar-refractivity contribution in [3.8, 4) is 0 Å². The number of pyridine rings is 1. The van der Waals surface area contributed by atoms with Crippen LogP contribution in [0.5, 0.6) is 0 Å². The van der Waals surface area contributed by atoms with Crippen LogP contribution in [0.25, 0.3) is 11.0 Å². The molecule has 1 atom stereocenters. The minimum atomic E-state index is -0.181. The average molecular weight is 383 g/mol. The lowest BCUT2D eigenvalue weighted by molar-refractivity contribution is 0.0816. The van der Waals surface area contributed by atoms with Gasteiger partial charge in [-0.05, 0) is 43.5 Å². The molecule has 1 aliphatic rings. The minimum Gasteiger partial charge on any atom is -0.376 e. The minimum absolute atomic E-state index is 0.0669. The van der Waals surface area contributed by atoms with Crippen LogP contribution in [0, 0.1) is 6.92 Å². The van der Waals surface area contributed by atoms with E-state index in [0.29, 0.717) is 18.8 Å². The number of amides is 2. The van der Waals surface area contributed by atoms with Crippen LogP contribution in [0.4, 0.5) is 10.5 Å². The van der Waals surface area contributed by atoms with Crippen LogP contribution in [0.3, 0.4) is 0 Å². The molecule has 4 rings (SSSR count). The molecule has 27 heavy (non-hydrogen) atoms. The maximum Gasteiger partial charge on any atom is 0.322 e. The Morgan fingerprint density at radius 1 is 1.33 bits per heavy atom. The van der Waals surface area contributed by atoms with E-state index in [1.807, 2.05) is 37.3 Å². The molecule has 1 saturated heterocycles. The summed E-state index contributed by atoms with van der Waals surface area (Å²) in [7, 11) is 0. The second-order valence-electron chi connectivity index (χ2n) is 6.66. The van der Waals surface area contributed by atoms with Gasteiger partial charge in [0, 0.05) is 19.3 Å². The molecular weight excluding hydrogens is 362 g/mol. The van der Waals surface area contributed by atoms with Crippen LogP contribution in [0.2, 0.25) is 0 Å². The molecule has 3 heterocycles. The molecule has 1 N–H and O–H groups in total. The van der Waals surface area contributed by atoms with Gasteiger partial charge < -0.3 is 15.0 Å². The monoisotopic (exact) mass is 383 g/mol. The Balaban J connectivity index is 1.57. The fourth-order valence-corrected chi connectivity index (χ4v) is 3.78. The predicted molar refractivity (Wildman–Crippen MR) is 105 cm³/mol. The van der Waals surface area contributed by atoms with Gasteiger partial charge in [-0.2, -0.15) is 8.75 Å². The van der Waals surface area contributed by atoms with Crippen LogP contribution in [0.1, 0.15) is 24.1 Å². The average Bonchev–Trinajstić information content (AvgIpc) is 3.36. The van der Waals surface area contributed by atoms with Gasteiger partial charge in [-0.25, -0.2) is 4.79 Å². The van der Waals surface area contributed by atoms with Gasteiger partial charge in [-0.3, -0.25) is 4.98 Å². The first-order valence-corrected chi connectivity index (χ1v) is 9.73. The summed E-state index contributed by atoms with van der Waals surface area (Å²) in [5, 5.41) is 3.04. The first-order valence-electron chi connectivity index (χ1n) is 9.00. The Labute approximate surface area is 161 Å². The number of carbonyl (C=O) groups is 1. The molecule has 1 unspecified atom stereocenters. The lowest BCUT2D eigenvalue weighted by Gasteiger charge is -2.26. The smallest absolute Gasteiger partial charge is 0.322 e. The molecule has 1 aliphatic heterocycles. The number of nitrogens with zero attached hydrogens (tertiary/aromatic N) is 4. The van der Waals surface area contributed by atoms with Crippen molar-refractivity contribution in [2.45, 2.75) is 32.4 Å². The summed E-state index contributed by atoms with van der Waals surface area (Å²) in [6.45, 7) is 3.67. The van der Waals surface area contributed by atoms with E-state index in [-0.39, 0.29) is 12.1 Å². The van der Waals surface area contributed by atoms with E-state index in [1.165, 1.54) is 0 Å². The molecule has 0 aliphatic carbocycles. The summed E-state index contributed by atoms with van der Waals surface area (Å²) in [6.07, 6.45) is 3.81. The molecule has 0 bridgehead atoms. The summed E-state index contributed by atoms with van der Waals surface area (Å²) >= 11 is 1.15. The Hall–Kier alpha value is -2.58. The molecule has 0 saturated carbocycles. The van der Waals surface area contributed by atoms with Gasteiger partial charge in [-0.15, -0.1) is 0 Å². The molecule has 0 radical (unpaired) electrons. The number of rotatable bonds is 5. The number of nitrogens with one attached hydrogen (secondary N) is 1. The van der Waals surface area contributed by atoms with Crippen molar-refractivity contribution in [3.05, 3.63) is 47.8 Å². The topological polar surface area (TPSA) is 80.2 Å². The van der Waals surface area contributed by atoms with Crippen molar-refractivity contribution in [1.82, 2.24) is 18.6 Å². The molecule has 1 fully saturated rings. The Morgan fingerprint density at radius 2 is 2.26 bits per heavy atom. The number of urea groups is 1. The zero-order chi connectivity index (χ0) is 18.6. The van der Waals surface area contributed by atoms with E-state index in [4.69, 9.17) is 4.74 Å². The van der Waals surface area contributed by atoms with Gasteiger partial charge in [0.15, 0.2) is 0 Å². The molecule has 2 amide bonds. The molecule has 7 nitrogen and oxygen atoms in total. The van der Waals surface area contributed by atoms with E-state index in [0.717, 1.165) is 53.5 Å². The van der Waals surface area contributed by atoms with E-state index >= 15 is 0 Å². The van der Waals surface area contributed by atoms with Crippen molar-refractivity contribution >= 4 is 34.5 Å². The Kier molecular flexibility index (Phi) is 5.26. The highest BCUT2D eigenvalue weighted by molar-refractivity contribution is 7.00. The number of hydrogen-bond donors (Lipinski definition) is 1. The number of aryl methyl sites for hydroxylation is 1. The largest absolute Gasteiger partial charge is 0.376 e. The fraction of sp³-hybridized carbons (Fsp3) is 0.368. The fourth-order valence-electron chi connectivity index (χ4n) is 3.24. The predicted octanol–water partition coefficient (Wildman–Crippen LogP) is 3.61. The van der Waals surface area contributed by atoms with Crippen LogP contribution in [-0.4, -0.2) is 43.9 Å². The summed E-state index contributed by atoms with van der Waals surface area (Å²) in [5.74, 6) is 0. The normalized spacial score (nSPS) is 16.6. The third-order valence-corrected chi connectivity index (χ3v) is 5.22. The van der Waals surface area contributed by atoms with Crippen LogP contribution >= 0.6 is 11.7 Å². The number of carbonyl (C=O) groups excluding carboxylic acids is 1. The van der Waals surface area contributed by atoms with E-state index in [9.17, 15) is 4.79 Å². The molecule has 2 aromatic heterocycles. The van der Waals surface area contributed by atoms with Gasteiger partial charge in [-0.1, -0.05) is 12.1 Å². The Bertz CT molecular complexity index is 924. The second kappa shape index (κ2) is 7.98. The number of ether oxygens (including phenoxy) is 1. The van der Waals surface area contributed by atoms with Crippen molar-refractivity contribution in [2.75, 3.05) is 18.5 Å². The van der Waals surface area contributed by atoms with Gasteiger partial charge in [0.25, 0.3) is 0 Å². The van der Waals surface area contributed by atoms with Gasteiger partial charge in [0.05, 0.1) is 35.8 Å². The lowest BCUT2D eigenvalue weighted by atomic mass is 10.1. The van der Waals surface area contributed by atoms with Crippen LogP contribution in [0.15, 0.2) is 36.5 Å². The molecule has 3 aromatic rings. The van der Waals surface area contributed by atoms with Crippen molar-refractivity contribution < 1.29 is 9.53 Å². The van der Waals surface area contributed by atoms with E-state index in [1.54, 1.807) is 11.1 Å². The van der Waals surface area contributed by atoms with E-state index < -0.39 is 0 Å². The van der Waals surface area contributed by atoms with Crippen molar-refractivity contribution in [3.63, 3.8) is 0 Å². The number of aromatic nitrogens is 3. The highest BCUT2D eigenvalue weighted by Gasteiger charge is 2.24. The van der Waals surface area contributed by atoms with Crippen LogP contribution < -0.4 is 5.32 Å². The molecular formula is C19H21N5O2S. The van der Waals surface area contributed by atoms with Gasteiger partial charge in [0.1, 0.15) is 11.0 Å². The SMILES string of the molecule is Cc1ccc2nsnc2c1NC(=O)N(Cc1ccccn1)CC1CCCO1. The zero-order valence-corrected chi connectivity index (χ0v) is 15.9. The molecule has 8 heteroatoms. The second-order valence-corrected chi connectivity index (χ2v) is 7.18. The maximum atomic E-state index is 13.1. The first-order chi connectivity index (χ1) is 13.2. The number of benzene rings is 1. The Morgan fingerprint density at radius 3 is 3.04 bits per heavy atom. The van der Waals surface area contributed by atoms with Crippen LogP contribution in [-0.2, 0) is 11.3 Å². The number of hydrogen-bond acceptors (Lipinski definition) is 6. The highest BCUT2D eigenvalue weighted by Crippen LogP contribution is 2.26. The third-order valence-electron chi connectivity index (χ3n) is 4.68. The lowest BCUT2D eigenvalue weighted by Crippen LogP contribution is -2.40. The highest BCUT2D eigenvalue weighted by atomic mass is 32.1. The zero-order valence-electron chi connectivity index (χ0n) is 15.1. The summed E-state index contributed by atoms with van der Waals surface area (Å²) in [5.41, 5.74) is 4.03. The number of fused-ring (bicyclic) bond motifs is 1. The first kappa shape index (κ1) is 17.8. The molecule has 1 aromatic carbocycles. The summed E-state index contributed by atoms with van der Waals surface area (Å²) in [6, 6.07) is 9.40. The van der Waals surface area contributed by atoms with Gasteiger partial charge >= 0.3 is 6.03 Å². The standard InChI is InChI=1S/C19H21N5O2S/c1-13-7-8-16-18(23-27-22-16)17(13)21-19(25)24(12-15-6-4-10-26-15)11-14-5-2-3-9-20-14/h2-3,5,7-9,15H,4,6,10-12H2,1H3,(H,21,25). The third kappa shape index (κ3) is 4.06. The number of anilines is 1. The summed E-state index contributed by atoms with van der Waals surface area (Å²) in [4.78, 5) is 19.2. The van der Waals surface area contributed by atoms with Crippen molar-refractivity contribution in [1.29, 1.82) is 0 Å². The maximum absolute atomic E-state index is 13.1. The molecule has 0 spiro atoms. The van der Waals surface area contributed by atoms with E-state index in [2.05, 4.69) is 19.0 Å². The van der Waals surface area contributed by atoms with Gasteiger partial charge in [0.2, 0.25) is 0 Å². The van der Waals surface area contributed by atoms with Crippen molar-refractivity contribution in [2.24, 2.45) is 0 Å². The molecule has 140 valence electrons. The quantitative estimate of drug-likeness (QED) is 0.728. The summed E-state index contributed by atoms with van der Waals surface area (Å²) < 4.78 is 14.3.